The van der Waals surface area contributed by atoms with Crippen LogP contribution in [0.15, 0.2) is 36.5 Å². The molecular formula is C16H16N2O. The van der Waals surface area contributed by atoms with Gasteiger partial charge >= 0.3 is 0 Å². The maximum Gasteiger partial charge on any atom is 0.194 e. The van der Waals surface area contributed by atoms with Crippen LogP contribution in [0.25, 0.3) is 0 Å². The van der Waals surface area contributed by atoms with Gasteiger partial charge in [0.1, 0.15) is 0 Å². The number of nitrogens with zero attached hydrogens (tertiary/aromatic N) is 1. The molecule has 3 rings (SSSR count). The number of carbonyl (C=O) groups excluding carboxylic acids is 1. The number of nitrogens with one attached hydrogen (secondary N) is 1. The molecule has 96 valence electrons. The number of ketones is 1. The number of pyridine rings is 1. The minimum absolute atomic E-state index is 0.0630. The normalized spacial score (nSPS) is 13.5. The minimum Gasteiger partial charge on any atom is -0.385 e. The molecule has 0 radical (unpaired) electrons. The van der Waals surface area contributed by atoms with Crippen LogP contribution < -0.4 is 5.32 Å². The van der Waals surface area contributed by atoms with E-state index in [1.54, 1.807) is 6.20 Å². The maximum absolute atomic E-state index is 12.6. The second kappa shape index (κ2) is 4.84. The molecule has 1 aliphatic heterocycles. The van der Waals surface area contributed by atoms with Crippen LogP contribution in [0.2, 0.25) is 0 Å². The zero-order chi connectivity index (χ0) is 13.2. The monoisotopic (exact) mass is 252 g/mol. The van der Waals surface area contributed by atoms with Gasteiger partial charge in [0.05, 0.1) is 0 Å². The standard InChI is InChI=1S/C16H16N2O/c1-11-7-8-12(10-18-11)16(19)14-4-2-6-15-13(14)5-3-9-17-15/h2,4,6-8,10,17H,3,5,9H2,1H3. The second-order valence-corrected chi connectivity index (χ2v) is 4.88. The van der Waals surface area contributed by atoms with E-state index in [1.165, 1.54) is 0 Å². The Bertz CT molecular complexity index is 617. The molecule has 1 aliphatic rings. The SMILES string of the molecule is Cc1ccc(C(=O)c2cccc3c2CCCN3)cn1. The Balaban J connectivity index is 2.02. The maximum atomic E-state index is 12.6. The molecule has 0 spiro atoms. The summed E-state index contributed by atoms with van der Waals surface area (Å²) in [5, 5.41) is 3.35. The molecule has 0 fully saturated rings. The Morgan fingerprint density at radius 1 is 1.26 bits per heavy atom. The van der Waals surface area contributed by atoms with E-state index in [-0.39, 0.29) is 5.78 Å². The first-order chi connectivity index (χ1) is 9.25. The van der Waals surface area contributed by atoms with Crippen molar-refractivity contribution < 1.29 is 4.79 Å². The number of aromatic nitrogens is 1. The van der Waals surface area contributed by atoms with Crippen LogP contribution in [0, 0.1) is 6.92 Å². The quantitative estimate of drug-likeness (QED) is 0.835. The van der Waals surface area contributed by atoms with E-state index in [2.05, 4.69) is 10.3 Å². The van der Waals surface area contributed by atoms with Gasteiger partial charge in [0.25, 0.3) is 0 Å². The number of carbonyl (C=O) groups is 1. The average molecular weight is 252 g/mol. The van der Waals surface area contributed by atoms with Crippen molar-refractivity contribution in [3.8, 4) is 0 Å². The van der Waals surface area contributed by atoms with E-state index >= 15 is 0 Å². The number of benzene rings is 1. The highest BCUT2D eigenvalue weighted by Crippen LogP contribution is 2.26. The van der Waals surface area contributed by atoms with Crippen molar-refractivity contribution in [3.05, 3.63) is 58.9 Å². The van der Waals surface area contributed by atoms with E-state index in [0.29, 0.717) is 5.56 Å². The molecule has 1 aromatic carbocycles. The molecule has 0 unspecified atom stereocenters. The van der Waals surface area contributed by atoms with Crippen LogP contribution in [-0.2, 0) is 6.42 Å². The molecule has 1 aromatic heterocycles. The topological polar surface area (TPSA) is 42.0 Å². The number of anilines is 1. The Hall–Kier alpha value is -2.16. The van der Waals surface area contributed by atoms with Crippen LogP contribution in [-0.4, -0.2) is 17.3 Å². The molecule has 0 bridgehead atoms. The van der Waals surface area contributed by atoms with Gasteiger partial charge in [-0.05, 0) is 43.5 Å². The van der Waals surface area contributed by atoms with E-state index in [1.807, 2.05) is 37.3 Å². The lowest BCUT2D eigenvalue weighted by Crippen LogP contribution is -2.16. The molecule has 19 heavy (non-hydrogen) atoms. The van der Waals surface area contributed by atoms with Crippen LogP contribution in [0.5, 0.6) is 0 Å². The molecular weight excluding hydrogens is 236 g/mol. The summed E-state index contributed by atoms with van der Waals surface area (Å²) in [6.45, 7) is 2.90. The van der Waals surface area contributed by atoms with Gasteiger partial charge in [-0.15, -0.1) is 0 Å². The predicted octanol–water partition coefficient (Wildman–Crippen LogP) is 2.98. The number of aryl methyl sites for hydroxylation is 1. The molecule has 0 saturated carbocycles. The summed E-state index contributed by atoms with van der Waals surface area (Å²) in [7, 11) is 0. The number of fused-ring (bicyclic) bond motifs is 1. The predicted molar refractivity (Wildman–Crippen MR) is 75.7 cm³/mol. The van der Waals surface area contributed by atoms with Gasteiger partial charge < -0.3 is 5.32 Å². The molecule has 2 aromatic rings. The first kappa shape index (κ1) is 11.9. The zero-order valence-corrected chi connectivity index (χ0v) is 10.9. The van der Waals surface area contributed by atoms with Gasteiger partial charge in [0, 0.05) is 35.2 Å². The van der Waals surface area contributed by atoms with Crippen molar-refractivity contribution in [3.63, 3.8) is 0 Å². The van der Waals surface area contributed by atoms with Gasteiger partial charge in [-0.2, -0.15) is 0 Å². The van der Waals surface area contributed by atoms with Gasteiger partial charge in [-0.25, -0.2) is 0 Å². The van der Waals surface area contributed by atoms with Crippen molar-refractivity contribution in [2.24, 2.45) is 0 Å². The van der Waals surface area contributed by atoms with Gasteiger partial charge in [-0.1, -0.05) is 12.1 Å². The number of hydrogen-bond acceptors (Lipinski definition) is 3. The van der Waals surface area contributed by atoms with Crippen molar-refractivity contribution >= 4 is 11.5 Å². The van der Waals surface area contributed by atoms with Crippen molar-refractivity contribution in [2.45, 2.75) is 19.8 Å². The Labute approximate surface area is 112 Å². The van der Waals surface area contributed by atoms with Crippen molar-refractivity contribution in [1.82, 2.24) is 4.98 Å². The lowest BCUT2D eigenvalue weighted by molar-refractivity contribution is 0.103. The smallest absolute Gasteiger partial charge is 0.194 e. The third-order valence-corrected chi connectivity index (χ3v) is 3.51. The Kier molecular flexibility index (Phi) is 3.03. The van der Waals surface area contributed by atoms with Crippen LogP contribution in [0.3, 0.4) is 0 Å². The van der Waals surface area contributed by atoms with Gasteiger partial charge in [0.2, 0.25) is 0 Å². The van der Waals surface area contributed by atoms with E-state index in [9.17, 15) is 4.79 Å². The summed E-state index contributed by atoms with van der Waals surface area (Å²) in [6.07, 6.45) is 3.69. The van der Waals surface area contributed by atoms with Crippen LogP contribution in [0.4, 0.5) is 5.69 Å². The summed E-state index contributed by atoms with van der Waals surface area (Å²) in [5.41, 5.74) is 4.62. The fraction of sp³-hybridized carbons (Fsp3) is 0.250. The lowest BCUT2D eigenvalue weighted by Gasteiger charge is -2.20. The molecule has 3 nitrogen and oxygen atoms in total. The molecule has 1 N–H and O–H groups in total. The summed E-state index contributed by atoms with van der Waals surface area (Å²) in [6, 6.07) is 9.61. The minimum atomic E-state index is 0.0630. The van der Waals surface area contributed by atoms with Gasteiger partial charge in [-0.3, -0.25) is 9.78 Å². The summed E-state index contributed by atoms with van der Waals surface area (Å²) in [5.74, 6) is 0.0630. The molecule has 2 heterocycles. The average Bonchev–Trinajstić information content (AvgIpc) is 2.47. The highest BCUT2D eigenvalue weighted by Gasteiger charge is 2.18. The highest BCUT2D eigenvalue weighted by molar-refractivity contribution is 6.10. The third kappa shape index (κ3) is 2.24. The number of hydrogen-bond donors (Lipinski definition) is 1. The zero-order valence-electron chi connectivity index (χ0n) is 10.9. The lowest BCUT2D eigenvalue weighted by atomic mass is 9.93. The largest absolute Gasteiger partial charge is 0.385 e. The first-order valence-electron chi connectivity index (χ1n) is 6.59. The highest BCUT2D eigenvalue weighted by atomic mass is 16.1. The molecule has 3 heteroatoms. The molecule has 0 amide bonds. The van der Waals surface area contributed by atoms with E-state index < -0.39 is 0 Å². The second-order valence-electron chi connectivity index (χ2n) is 4.88. The summed E-state index contributed by atoms with van der Waals surface area (Å²) < 4.78 is 0. The Morgan fingerprint density at radius 2 is 2.16 bits per heavy atom. The fourth-order valence-corrected chi connectivity index (χ4v) is 2.48. The first-order valence-corrected chi connectivity index (χ1v) is 6.59. The Morgan fingerprint density at radius 3 is 2.95 bits per heavy atom. The van der Waals surface area contributed by atoms with Gasteiger partial charge in [0.15, 0.2) is 5.78 Å². The number of rotatable bonds is 2. The molecule has 0 aliphatic carbocycles. The fourth-order valence-electron chi connectivity index (χ4n) is 2.48. The van der Waals surface area contributed by atoms with Crippen LogP contribution >= 0.6 is 0 Å². The molecule has 0 saturated heterocycles. The molecule has 0 atom stereocenters. The van der Waals surface area contributed by atoms with E-state index in [4.69, 9.17) is 0 Å². The van der Waals surface area contributed by atoms with Crippen molar-refractivity contribution in [1.29, 1.82) is 0 Å². The van der Waals surface area contributed by atoms with E-state index in [0.717, 1.165) is 41.9 Å². The van der Waals surface area contributed by atoms with Crippen LogP contribution in [0.1, 0.15) is 33.6 Å². The van der Waals surface area contributed by atoms with Crippen molar-refractivity contribution in [2.75, 3.05) is 11.9 Å². The summed E-state index contributed by atoms with van der Waals surface area (Å²) >= 11 is 0. The summed E-state index contributed by atoms with van der Waals surface area (Å²) in [4.78, 5) is 16.8. The third-order valence-electron chi connectivity index (χ3n) is 3.51.